The zero-order chi connectivity index (χ0) is 14.3. The summed E-state index contributed by atoms with van der Waals surface area (Å²) in [5, 5.41) is 0. The summed E-state index contributed by atoms with van der Waals surface area (Å²) in [4.78, 5) is 5.17. The molecule has 104 valence electrons. The third-order valence-electron chi connectivity index (χ3n) is 3.08. The van der Waals surface area contributed by atoms with Crippen molar-refractivity contribution in [3.8, 4) is 0 Å². The zero-order valence-corrected chi connectivity index (χ0v) is 11.5. The molecule has 1 aliphatic rings. The zero-order valence-electron chi connectivity index (χ0n) is 10.7. The van der Waals surface area contributed by atoms with Crippen LogP contribution in [0.5, 0.6) is 0 Å². The van der Waals surface area contributed by atoms with Gasteiger partial charge in [-0.15, -0.1) is 0 Å². The molecule has 6 heteroatoms. The van der Waals surface area contributed by atoms with Gasteiger partial charge in [0.05, 0.1) is 4.90 Å². The van der Waals surface area contributed by atoms with Crippen LogP contribution in [0.25, 0.3) is 0 Å². The number of rotatable bonds is 3. The Hall–Kier alpha value is -1.76. The predicted octanol–water partition coefficient (Wildman–Crippen LogP) is 2.77. The van der Waals surface area contributed by atoms with Crippen molar-refractivity contribution in [1.82, 2.24) is 4.47 Å². The van der Waals surface area contributed by atoms with Crippen molar-refractivity contribution < 1.29 is 17.6 Å². The average Bonchev–Trinajstić information content (AvgIpc) is 3.20. The first-order valence-electron chi connectivity index (χ1n) is 6.02. The molecule has 0 spiro atoms. The lowest BCUT2D eigenvalue weighted by molar-refractivity contribution is 0.282. The molecule has 0 aromatic heterocycles. The SMILES string of the molecule is Cc1ccc(S(=O)(=O)N2O[C@@H]2c2ccccc2F)cc1. The minimum atomic E-state index is -3.75. The molecule has 0 saturated carbocycles. The molecular formula is C14H12FNO3S. The van der Waals surface area contributed by atoms with Gasteiger partial charge in [-0.2, -0.15) is 0 Å². The van der Waals surface area contributed by atoms with Gasteiger partial charge in [-0.3, -0.25) is 4.84 Å². The fourth-order valence-electron chi connectivity index (χ4n) is 1.91. The molecule has 3 rings (SSSR count). The Morgan fingerprint density at radius 2 is 1.75 bits per heavy atom. The van der Waals surface area contributed by atoms with Gasteiger partial charge >= 0.3 is 0 Å². The monoisotopic (exact) mass is 293 g/mol. The maximum Gasteiger partial charge on any atom is 0.267 e. The Balaban J connectivity index is 1.89. The van der Waals surface area contributed by atoms with E-state index in [9.17, 15) is 12.8 Å². The van der Waals surface area contributed by atoms with Crippen molar-refractivity contribution in [2.45, 2.75) is 18.0 Å². The van der Waals surface area contributed by atoms with Crippen LogP contribution in [0.1, 0.15) is 17.4 Å². The van der Waals surface area contributed by atoms with E-state index in [4.69, 9.17) is 4.84 Å². The molecule has 0 N–H and O–H groups in total. The van der Waals surface area contributed by atoms with Crippen molar-refractivity contribution in [2.75, 3.05) is 0 Å². The first kappa shape index (κ1) is 13.2. The van der Waals surface area contributed by atoms with Crippen LogP contribution in [0.15, 0.2) is 53.4 Å². The molecule has 2 aromatic rings. The van der Waals surface area contributed by atoms with Gasteiger partial charge in [0.1, 0.15) is 5.82 Å². The maximum absolute atomic E-state index is 13.6. The van der Waals surface area contributed by atoms with E-state index in [2.05, 4.69) is 0 Å². The molecule has 0 amide bonds. The molecule has 0 aliphatic carbocycles. The fourth-order valence-corrected chi connectivity index (χ4v) is 3.16. The van der Waals surface area contributed by atoms with Crippen LogP contribution in [-0.2, 0) is 14.9 Å². The summed E-state index contributed by atoms with van der Waals surface area (Å²) in [5.41, 5.74) is 1.17. The van der Waals surface area contributed by atoms with Crippen molar-refractivity contribution in [1.29, 1.82) is 0 Å². The van der Waals surface area contributed by atoms with Crippen LogP contribution < -0.4 is 0 Å². The van der Waals surface area contributed by atoms with Crippen LogP contribution in [-0.4, -0.2) is 12.9 Å². The van der Waals surface area contributed by atoms with Crippen molar-refractivity contribution >= 4 is 10.0 Å². The number of sulfonamides is 1. The first-order chi connectivity index (χ1) is 9.50. The molecular weight excluding hydrogens is 281 g/mol. The largest absolute Gasteiger partial charge is 0.267 e. The van der Waals surface area contributed by atoms with E-state index in [0.29, 0.717) is 0 Å². The summed E-state index contributed by atoms with van der Waals surface area (Å²) >= 11 is 0. The van der Waals surface area contributed by atoms with Crippen molar-refractivity contribution in [3.63, 3.8) is 0 Å². The lowest BCUT2D eigenvalue weighted by Gasteiger charge is -2.03. The topological polar surface area (TPSA) is 49.7 Å². The Morgan fingerprint density at radius 3 is 2.40 bits per heavy atom. The number of hydrogen-bond acceptors (Lipinski definition) is 3. The van der Waals surface area contributed by atoms with Crippen LogP contribution in [0.2, 0.25) is 0 Å². The third-order valence-corrected chi connectivity index (χ3v) is 4.70. The normalized spacial score (nSPS) is 21.7. The highest BCUT2D eigenvalue weighted by atomic mass is 32.2. The molecule has 0 bridgehead atoms. The van der Waals surface area contributed by atoms with Gasteiger partial charge in [-0.25, -0.2) is 12.8 Å². The Kier molecular flexibility index (Phi) is 3.08. The quantitative estimate of drug-likeness (QED) is 0.818. The number of hydroxylamine groups is 1. The molecule has 2 atom stereocenters. The minimum absolute atomic E-state index is 0.127. The molecule has 1 fully saturated rings. The minimum Gasteiger partial charge on any atom is -0.253 e. The van der Waals surface area contributed by atoms with E-state index < -0.39 is 22.1 Å². The average molecular weight is 293 g/mol. The summed E-state index contributed by atoms with van der Waals surface area (Å²) < 4.78 is 39.0. The second kappa shape index (κ2) is 4.66. The van der Waals surface area contributed by atoms with Crippen molar-refractivity contribution in [3.05, 3.63) is 65.5 Å². The highest BCUT2D eigenvalue weighted by molar-refractivity contribution is 7.89. The first-order valence-corrected chi connectivity index (χ1v) is 7.46. The van der Waals surface area contributed by atoms with Gasteiger partial charge in [-0.1, -0.05) is 35.9 Å². The molecule has 1 heterocycles. The summed E-state index contributed by atoms with van der Waals surface area (Å²) in [7, 11) is -3.75. The number of halogens is 1. The lowest BCUT2D eigenvalue weighted by atomic mass is 10.2. The van der Waals surface area contributed by atoms with Crippen LogP contribution in [0.4, 0.5) is 4.39 Å². The van der Waals surface area contributed by atoms with Crippen molar-refractivity contribution in [2.24, 2.45) is 0 Å². The number of aryl methyl sites for hydroxylation is 1. The van der Waals surface area contributed by atoms with Gasteiger partial charge in [-0.05, 0) is 29.6 Å². The van der Waals surface area contributed by atoms with E-state index in [0.717, 1.165) is 10.0 Å². The van der Waals surface area contributed by atoms with Gasteiger partial charge in [0.15, 0.2) is 6.23 Å². The number of nitrogens with zero attached hydrogens (tertiary/aromatic N) is 1. The van der Waals surface area contributed by atoms with Crippen LogP contribution >= 0.6 is 0 Å². The van der Waals surface area contributed by atoms with Gasteiger partial charge in [0.25, 0.3) is 10.0 Å². The molecule has 4 nitrogen and oxygen atoms in total. The molecule has 0 radical (unpaired) electrons. The Labute approximate surface area is 116 Å². The highest BCUT2D eigenvalue weighted by Gasteiger charge is 2.49. The summed E-state index contributed by atoms with van der Waals surface area (Å²) in [5.74, 6) is -0.487. The summed E-state index contributed by atoms with van der Waals surface area (Å²) in [6.45, 7) is 1.87. The number of benzene rings is 2. The highest BCUT2D eigenvalue weighted by Crippen LogP contribution is 2.42. The van der Waals surface area contributed by atoms with E-state index in [1.165, 1.54) is 24.3 Å². The Bertz CT molecular complexity index is 743. The summed E-state index contributed by atoms with van der Waals surface area (Å²) in [6, 6.07) is 12.4. The molecule has 1 unspecified atom stereocenters. The van der Waals surface area contributed by atoms with Crippen LogP contribution in [0, 0.1) is 12.7 Å². The third kappa shape index (κ3) is 2.22. The second-order valence-electron chi connectivity index (χ2n) is 4.55. The fraction of sp³-hybridized carbons (Fsp3) is 0.143. The molecule has 2 aromatic carbocycles. The van der Waals surface area contributed by atoms with Gasteiger partial charge < -0.3 is 0 Å². The van der Waals surface area contributed by atoms with E-state index in [-0.39, 0.29) is 10.5 Å². The van der Waals surface area contributed by atoms with Crippen LogP contribution in [0.3, 0.4) is 0 Å². The standard InChI is InChI=1S/C14H12FNO3S/c1-10-6-8-11(9-7-10)20(17,18)16-14(19-16)12-4-2-3-5-13(12)15/h2-9,14H,1H3/t14-,16?/m1/s1. The second-order valence-corrected chi connectivity index (χ2v) is 6.33. The maximum atomic E-state index is 13.6. The molecule has 1 saturated heterocycles. The van der Waals surface area contributed by atoms with Gasteiger partial charge in [0, 0.05) is 5.56 Å². The Morgan fingerprint density at radius 1 is 1.10 bits per heavy atom. The summed E-state index contributed by atoms with van der Waals surface area (Å²) in [6.07, 6.45) is -0.887. The predicted molar refractivity (Wildman–Crippen MR) is 70.4 cm³/mol. The van der Waals surface area contributed by atoms with E-state index in [1.54, 1.807) is 24.3 Å². The molecule has 20 heavy (non-hydrogen) atoms. The van der Waals surface area contributed by atoms with E-state index >= 15 is 0 Å². The smallest absolute Gasteiger partial charge is 0.253 e. The van der Waals surface area contributed by atoms with Gasteiger partial charge in [0.2, 0.25) is 0 Å². The van der Waals surface area contributed by atoms with E-state index in [1.807, 2.05) is 6.92 Å². The molecule has 1 aliphatic heterocycles. The number of hydrogen-bond donors (Lipinski definition) is 0. The lowest BCUT2D eigenvalue weighted by Crippen LogP contribution is -2.12.